The van der Waals surface area contributed by atoms with E-state index in [2.05, 4.69) is 0 Å². The third-order valence-corrected chi connectivity index (χ3v) is 6.35. The second kappa shape index (κ2) is 10.0. The molecule has 3 aromatic carbocycles. The van der Waals surface area contributed by atoms with Crippen LogP contribution in [0.3, 0.4) is 0 Å². The highest BCUT2D eigenvalue weighted by molar-refractivity contribution is 6.08. The van der Waals surface area contributed by atoms with Crippen molar-refractivity contribution in [3.8, 4) is 5.75 Å². The van der Waals surface area contributed by atoms with Gasteiger partial charge in [-0.15, -0.1) is 0 Å². The third kappa shape index (κ3) is 4.85. The summed E-state index contributed by atoms with van der Waals surface area (Å²) in [7, 11) is 1.62. The van der Waals surface area contributed by atoms with Gasteiger partial charge in [0.1, 0.15) is 11.6 Å². The van der Waals surface area contributed by atoms with Gasteiger partial charge in [0, 0.05) is 37.1 Å². The summed E-state index contributed by atoms with van der Waals surface area (Å²) in [6.45, 7) is 3.83. The molecule has 1 heterocycles. The van der Waals surface area contributed by atoms with E-state index in [4.69, 9.17) is 4.74 Å². The molecule has 0 N–H and O–H groups in total. The first-order valence-electron chi connectivity index (χ1n) is 11.4. The van der Waals surface area contributed by atoms with Crippen LogP contribution in [0.25, 0.3) is 10.8 Å². The van der Waals surface area contributed by atoms with Crippen molar-refractivity contribution < 1.29 is 18.7 Å². The Morgan fingerprint density at radius 1 is 1.09 bits per heavy atom. The number of ether oxygens (including phenoxy) is 1. The van der Waals surface area contributed by atoms with E-state index >= 15 is 0 Å². The molecule has 0 spiro atoms. The van der Waals surface area contributed by atoms with Crippen LogP contribution < -0.4 is 4.74 Å². The fraction of sp³-hybridized carbons (Fsp3) is 0.333. The number of piperidine rings is 1. The summed E-state index contributed by atoms with van der Waals surface area (Å²) in [4.78, 5) is 30.3. The van der Waals surface area contributed by atoms with Crippen molar-refractivity contribution in [1.29, 1.82) is 0 Å². The Morgan fingerprint density at radius 3 is 2.61 bits per heavy atom. The van der Waals surface area contributed by atoms with Gasteiger partial charge in [0.2, 0.25) is 5.91 Å². The van der Waals surface area contributed by atoms with Gasteiger partial charge in [-0.3, -0.25) is 9.59 Å². The van der Waals surface area contributed by atoms with Crippen LogP contribution in [0.5, 0.6) is 5.75 Å². The topological polar surface area (TPSA) is 49.9 Å². The standard InChI is InChI=1S/C27H29FN2O3/c1-3-29(17-19-8-6-10-21(28)16-19)26(31)20-9-7-15-30(18-20)27(32)24-13-14-25(33-2)23-12-5-4-11-22(23)24/h4-6,8,10-14,16,20H,3,7,9,15,17-18H2,1-2H3/t20-/m1/s1. The van der Waals surface area contributed by atoms with Gasteiger partial charge in [0.15, 0.2) is 0 Å². The molecule has 0 bridgehead atoms. The summed E-state index contributed by atoms with van der Waals surface area (Å²) in [6.07, 6.45) is 1.51. The summed E-state index contributed by atoms with van der Waals surface area (Å²) in [6, 6.07) is 17.7. The first-order chi connectivity index (χ1) is 16.0. The van der Waals surface area contributed by atoms with Gasteiger partial charge in [-0.05, 0) is 55.0 Å². The molecule has 1 aliphatic heterocycles. The van der Waals surface area contributed by atoms with Crippen LogP contribution in [0.2, 0.25) is 0 Å². The Labute approximate surface area is 193 Å². The maximum atomic E-state index is 13.6. The number of hydrogen-bond donors (Lipinski definition) is 0. The van der Waals surface area contributed by atoms with E-state index in [9.17, 15) is 14.0 Å². The quantitative estimate of drug-likeness (QED) is 0.540. The van der Waals surface area contributed by atoms with Gasteiger partial charge in [-0.2, -0.15) is 0 Å². The van der Waals surface area contributed by atoms with E-state index in [1.54, 1.807) is 29.0 Å². The largest absolute Gasteiger partial charge is 0.496 e. The van der Waals surface area contributed by atoms with Crippen LogP contribution in [0, 0.1) is 11.7 Å². The van der Waals surface area contributed by atoms with E-state index in [-0.39, 0.29) is 23.5 Å². The van der Waals surface area contributed by atoms with E-state index < -0.39 is 0 Å². The zero-order valence-electron chi connectivity index (χ0n) is 19.1. The lowest BCUT2D eigenvalue weighted by Crippen LogP contribution is -2.46. The van der Waals surface area contributed by atoms with Crippen LogP contribution in [0.15, 0.2) is 60.7 Å². The van der Waals surface area contributed by atoms with Gasteiger partial charge in [0.05, 0.1) is 13.0 Å². The Hall–Kier alpha value is -3.41. The first-order valence-corrected chi connectivity index (χ1v) is 11.4. The monoisotopic (exact) mass is 448 g/mol. The van der Waals surface area contributed by atoms with Crippen molar-refractivity contribution in [2.45, 2.75) is 26.3 Å². The molecule has 3 aromatic rings. The van der Waals surface area contributed by atoms with Crippen LogP contribution in [0.1, 0.15) is 35.7 Å². The molecule has 0 radical (unpaired) electrons. The lowest BCUT2D eigenvalue weighted by Gasteiger charge is -2.35. The van der Waals surface area contributed by atoms with E-state index in [0.29, 0.717) is 31.7 Å². The molecule has 1 saturated heterocycles. The Morgan fingerprint density at radius 2 is 1.88 bits per heavy atom. The van der Waals surface area contributed by atoms with E-state index in [1.807, 2.05) is 43.3 Å². The Bertz CT molecular complexity index is 1160. The van der Waals surface area contributed by atoms with Crippen molar-refractivity contribution in [1.82, 2.24) is 9.80 Å². The predicted octanol–water partition coefficient (Wildman–Crippen LogP) is 4.89. The Kier molecular flexibility index (Phi) is 6.92. The average molecular weight is 449 g/mol. The summed E-state index contributed by atoms with van der Waals surface area (Å²) in [5.74, 6) is 0.0982. The number of methoxy groups -OCH3 is 1. The molecular formula is C27H29FN2O3. The van der Waals surface area contributed by atoms with Crippen molar-refractivity contribution in [2.24, 2.45) is 5.92 Å². The van der Waals surface area contributed by atoms with Crippen molar-refractivity contribution in [3.05, 3.63) is 77.6 Å². The highest BCUT2D eigenvalue weighted by Gasteiger charge is 2.32. The average Bonchev–Trinajstić information content (AvgIpc) is 2.86. The number of halogens is 1. The molecule has 0 aliphatic carbocycles. The van der Waals surface area contributed by atoms with Gasteiger partial charge in [-0.1, -0.05) is 36.4 Å². The third-order valence-electron chi connectivity index (χ3n) is 6.35. The fourth-order valence-corrected chi connectivity index (χ4v) is 4.63. The number of nitrogens with zero attached hydrogens (tertiary/aromatic N) is 2. The summed E-state index contributed by atoms with van der Waals surface area (Å²) in [5, 5.41) is 1.74. The minimum absolute atomic E-state index is 0.0128. The fourth-order valence-electron chi connectivity index (χ4n) is 4.63. The molecule has 6 heteroatoms. The second-order valence-corrected chi connectivity index (χ2v) is 8.43. The summed E-state index contributed by atoms with van der Waals surface area (Å²) in [5.41, 5.74) is 1.38. The molecular weight excluding hydrogens is 419 g/mol. The lowest BCUT2D eigenvalue weighted by molar-refractivity contribution is -0.137. The number of amides is 2. The number of rotatable bonds is 6. The number of benzene rings is 3. The lowest BCUT2D eigenvalue weighted by atomic mass is 9.94. The molecule has 0 aromatic heterocycles. The van der Waals surface area contributed by atoms with E-state index in [0.717, 1.165) is 34.9 Å². The smallest absolute Gasteiger partial charge is 0.254 e. The maximum Gasteiger partial charge on any atom is 0.254 e. The number of carbonyl (C=O) groups excluding carboxylic acids is 2. The zero-order chi connectivity index (χ0) is 23.4. The van der Waals surface area contributed by atoms with Gasteiger partial charge in [-0.25, -0.2) is 4.39 Å². The molecule has 4 rings (SSSR count). The first kappa shape index (κ1) is 22.8. The summed E-state index contributed by atoms with van der Waals surface area (Å²) >= 11 is 0. The van der Waals surface area contributed by atoms with Crippen LogP contribution >= 0.6 is 0 Å². The highest BCUT2D eigenvalue weighted by Crippen LogP contribution is 2.30. The van der Waals surface area contributed by atoms with Crippen LogP contribution in [-0.2, 0) is 11.3 Å². The molecule has 5 nitrogen and oxygen atoms in total. The molecule has 1 aliphatic rings. The van der Waals surface area contributed by atoms with Crippen LogP contribution in [0.4, 0.5) is 4.39 Å². The minimum Gasteiger partial charge on any atom is -0.496 e. The van der Waals surface area contributed by atoms with Crippen molar-refractivity contribution in [3.63, 3.8) is 0 Å². The molecule has 0 saturated carbocycles. The molecule has 1 atom stereocenters. The maximum absolute atomic E-state index is 13.6. The number of carbonyl (C=O) groups is 2. The Balaban J connectivity index is 1.52. The number of fused-ring (bicyclic) bond motifs is 1. The highest BCUT2D eigenvalue weighted by atomic mass is 19.1. The molecule has 2 amide bonds. The second-order valence-electron chi connectivity index (χ2n) is 8.43. The predicted molar refractivity (Wildman–Crippen MR) is 127 cm³/mol. The molecule has 1 fully saturated rings. The van der Waals surface area contributed by atoms with Gasteiger partial charge >= 0.3 is 0 Å². The molecule has 0 unspecified atom stereocenters. The van der Waals surface area contributed by atoms with Crippen molar-refractivity contribution >= 4 is 22.6 Å². The van der Waals surface area contributed by atoms with Crippen LogP contribution in [-0.4, -0.2) is 48.4 Å². The SMILES string of the molecule is CCN(Cc1cccc(F)c1)C(=O)[C@@H]1CCCN(C(=O)c2ccc(OC)c3ccccc23)C1. The van der Waals surface area contributed by atoms with E-state index in [1.165, 1.54) is 12.1 Å². The van der Waals surface area contributed by atoms with Gasteiger partial charge in [0.25, 0.3) is 5.91 Å². The molecule has 172 valence electrons. The number of hydrogen-bond acceptors (Lipinski definition) is 3. The normalized spacial score (nSPS) is 16.0. The number of likely N-dealkylation sites (tertiary alicyclic amines) is 1. The minimum atomic E-state index is -0.308. The van der Waals surface area contributed by atoms with Gasteiger partial charge < -0.3 is 14.5 Å². The van der Waals surface area contributed by atoms with Crippen molar-refractivity contribution in [2.75, 3.05) is 26.7 Å². The zero-order valence-corrected chi connectivity index (χ0v) is 19.1. The molecule has 33 heavy (non-hydrogen) atoms. The summed E-state index contributed by atoms with van der Waals surface area (Å²) < 4.78 is 19.0.